The largest absolute Gasteiger partial charge is 0.492 e. The van der Waals surface area contributed by atoms with Gasteiger partial charge in [-0.2, -0.15) is 0 Å². The first-order valence-corrected chi connectivity index (χ1v) is 14.1. The van der Waals surface area contributed by atoms with E-state index in [1.54, 1.807) is 0 Å². The number of hydrogen-bond acceptors (Lipinski definition) is 5. The Labute approximate surface area is 234 Å². The van der Waals surface area contributed by atoms with E-state index in [-0.39, 0.29) is 6.29 Å². The monoisotopic (exact) mass is 529 g/mol. The van der Waals surface area contributed by atoms with E-state index in [9.17, 15) is 5.11 Å². The number of aliphatic hydroxyl groups is 1. The Morgan fingerprint density at radius 3 is 1.97 bits per heavy atom. The Hall–Kier alpha value is -3.12. The average molecular weight is 530 g/mol. The molecular formula is C34H43NO4. The van der Waals surface area contributed by atoms with Crippen LogP contribution < -0.4 is 9.47 Å². The van der Waals surface area contributed by atoms with Crippen molar-refractivity contribution in [1.29, 1.82) is 0 Å². The Morgan fingerprint density at radius 1 is 0.872 bits per heavy atom. The van der Waals surface area contributed by atoms with Gasteiger partial charge >= 0.3 is 0 Å². The molecule has 1 N–H and O–H groups in total. The van der Waals surface area contributed by atoms with Crippen molar-refractivity contribution in [2.75, 3.05) is 33.9 Å². The van der Waals surface area contributed by atoms with E-state index in [0.717, 1.165) is 72.6 Å². The zero-order chi connectivity index (χ0) is 27.8. The van der Waals surface area contributed by atoms with E-state index in [1.807, 2.05) is 64.3 Å². The molecule has 5 nitrogen and oxygen atoms in total. The van der Waals surface area contributed by atoms with Crippen LogP contribution in [0.5, 0.6) is 11.5 Å². The van der Waals surface area contributed by atoms with Crippen molar-refractivity contribution in [3.05, 3.63) is 95.1 Å². The molecule has 0 aromatic heterocycles. The van der Waals surface area contributed by atoms with Crippen molar-refractivity contribution in [2.45, 2.75) is 58.3 Å². The molecule has 0 bridgehead atoms. The van der Waals surface area contributed by atoms with Gasteiger partial charge in [0.2, 0.25) is 0 Å². The Morgan fingerprint density at radius 2 is 1.46 bits per heavy atom. The third-order valence-corrected chi connectivity index (χ3v) is 7.09. The van der Waals surface area contributed by atoms with Crippen molar-refractivity contribution in [1.82, 2.24) is 4.90 Å². The van der Waals surface area contributed by atoms with Crippen LogP contribution >= 0.6 is 0 Å². The van der Waals surface area contributed by atoms with Crippen LogP contribution in [0, 0.1) is 0 Å². The van der Waals surface area contributed by atoms with Crippen LogP contribution in [-0.2, 0) is 10.3 Å². The highest BCUT2D eigenvalue weighted by atomic mass is 16.7. The second-order valence-electron chi connectivity index (χ2n) is 11.0. The second-order valence-corrected chi connectivity index (χ2v) is 11.0. The molecule has 3 aromatic carbocycles. The molecule has 0 amide bonds. The number of hydrogen-bond donors (Lipinski definition) is 1. The molecule has 1 atom stereocenters. The van der Waals surface area contributed by atoms with Crippen LogP contribution in [0.3, 0.4) is 0 Å². The van der Waals surface area contributed by atoms with Gasteiger partial charge in [-0.15, -0.1) is 0 Å². The van der Waals surface area contributed by atoms with Crippen LogP contribution in [0.4, 0.5) is 0 Å². The summed E-state index contributed by atoms with van der Waals surface area (Å²) in [6, 6.07) is 25.0. The average Bonchev–Trinajstić information content (AvgIpc) is 2.93. The molecule has 1 heterocycles. The van der Waals surface area contributed by atoms with Gasteiger partial charge < -0.3 is 24.2 Å². The first-order valence-electron chi connectivity index (χ1n) is 14.1. The summed E-state index contributed by atoms with van der Waals surface area (Å²) in [5.41, 5.74) is 5.82. The maximum absolute atomic E-state index is 10.5. The fraction of sp³-hybridized carbons (Fsp3) is 0.412. The van der Waals surface area contributed by atoms with E-state index in [4.69, 9.17) is 14.2 Å². The van der Waals surface area contributed by atoms with Crippen LogP contribution in [0.2, 0.25) is 0 Å². The van der Waals surface area contributed by atoms with E-state index in [1.165, 1.54) is 11.1 Å². The summed E-state index contributed by atoms with van der Waals surface area (Å²) in [4.78, 5) is 2.11. The summed E-state index contributed by atoms with van der Waals surface area (Å²) in [5.74, 6) is 1.69. The smallest absolute Gasteiger partial charge is 0.199 e. The molecule has 5 heteroatoms. The summed E-state index contributed by atoms with van der Waals surface area (Å²) in [6.45, 7) is 8.09. The van der Waals surface area contributed by atoms with Gasteiger partial charge in [-0.1, -0.05) is 55.5 Å². The van der Waals surface area contributed by atoms with Crippen molar-refractivity contribution < 1.29 is 19.3 Å². The highest BCUT2D eigenvalue weighted by molar-refractivity contribution is 5.98. The lowest BCUT2D eigenvalue weighted by molar-refractivity contribution is -0.105. The van der Waals surface area contributed by atoms with Gasteiger partial charge in [0.05, 0.1) is 12.2 Å². The van der Waals surface area contributed by atoms with Crippen LogP contribution in [0.15, 0.2) is 72.8 Å². The third-order valence-electron chi connectivity index (χ3n) is 7.09. The van der Waals surface area contributed by atoms with Gasteiger partial charge in [-0.3, -0.25) is 0 Å². The molecule has 0 spiro atoms. The van der Waals surface area contributed by atoms with Gasteiger partial charge in [-0.25, -0.2) is 0 Å². The lowest BCUT2D eigenvalue weighted by Crippen LogP contribution is -2.24. The van der Waals surface area contributed by atoms with E-state index in [0.29, 0.717) is 6.61 Å². The minimum absolute atomic E-state index is 0.167. The van der Waals surface area contributed by atoms with E-state index in [2.05, 4.69) is 48.2 Å². The van der Waals surface area contributed by atoms with Crippen molar-refractivity contribution in [2.24, 2.45) is 0 Å². The lowest BCUT2D eigenvalue weighted by Gasteiger charge is -2.23. The number of allylic oxidation sites excluding steroid dienone is 1. The Balaban J connectivity index is 1.69. The predicted molar refractivity (Wildman–Crippen MR) is 159 cm³/mol. The van der Waals surface area contributed by atoms with E-state index < -0.39 is 5.60 Å². The number of benzene rings is 3. The Kier molecular flexibility index (Phi) is 9.84. The molecule has 0 saturated carbocycles. The van der Waals surface area contributed by atoms with Crippen LogP contribution in [0.25, 0.3) is 11.1 Å². The zero-order valence-electron chi connectivity index (χ0n) is 24.1. The molecule has 1 aliphatic heterocycles. The van der Waals surface area contributed by atoms with Crippen molar-refractivity contribution >= 4 is 11.1 Å². The molecule has 1 unspecified atom stereocenters. The molecule has 208 valence electrons. The van der Waals surface area contributed by atoms with Crippen LogP contribution in [-0.4, -0.2) is 50.2 Å². The third kappa shape index (κ3) is 7.95. The molecular weight excluding hydrogens is 486 g/mol. The maximum Gasteiger partial charge on any atom is 0.199 e. The summed E-state index contributed by atoms with van der Waals surface area (Å²) in [7, 11) is 4.09. The topological polar surface area (TPSA) is 51.2 Å². The molecule has 1 fully saturated rings. The van der Waals surface area contributed by atoms with Crippen molar-refractivity contribution in [3.63, 3.8) is 0 Å². The highest BCUT2D eigenvalue weighted by Gasteiger charge is 2.19. The van der Waals surface area contributed by atoms with Gasteiger partial charge in [-0.05, 0) is 105 Å². The molecule has 39 heavy (non-hydrogen) atoms. The molecule has 0 aliphatic carbocycles. The van der Waals surface area contributed by atoms with Gasteiger partial charge in [0, 0.05) is 13.0 Å². The minimum Gasteiger partial charge on any atom is -0.492 e. The number of ether oxygens (including phenoxy) is 3. The molecule has 3 aromatic rings. The number of nitrogens with zero attached hydrogens (tertiary/aromatic N) is 1. The lowest BCUT2D eigenvalue weighted by atomic mass is 9.87. The first-order chi connectivity index (χ1) is 18.7. The summed E-state index contributed by atoms with van der Waals surface area (Å²) in [5, 5.41) is 10.5. The van der Waals surface area contributed by atoms with Crippen LogP contribution in [0.1, 0.15) is 68.7 Å². The van der Waals surface area contributed by atoms with Gasteiger partial charge in [0.25, 0.3) is 0 Å². The predicted octanol–water partition coefficient (Wildman–Crippen LogP) is 7.13. The molecule has 4 rings (SSSR count). The maximum atomic E-state index is 10.5. The molecule has 1 saturated heterocycles. The number of rotatable bonds is 11. The fourth-order valence-corrected chi connectivity index (χ4v) is 4.84. The van der Waals surface area contributed by atoms with E-state index >= 15 is 0 Å². The fourth-order valence-electron chi connectivity index (χ4n) is 4.84. The standard InChI is InChI=1S/C34H43NO4/c1-6-31(25-10-16-28(17-11-25)34(2,3)36)33(26-12-18-29(19-13-26)37-24-22-35(4)5)27-14-20-30(21-15-27)39-32-9-7-8-23-38-32/h10-21,32,36H,6-9,22-24H2,1-5H3/b33-31+. The van der Waals surface area contributed by atoms with Crippen molar-refractivity contribution in [3.8, 4) is 11.5 Å². The Bertz CT molecular complexity index is 1200. The second kappa shape index (κ2) is 13.3. The molecule has 1 aliphatic rings. The normalized spacial score (nSPS) is 16.6. The van der Waals surface area contributed by atoms with Gasteiger partial charge in [0.15, 0.2) is 6.29 Å². The molecule has 0 radical (unpaired) electrons. The first kappa shape index (κ1) is 28.9. The zero-order valence-corrected chi connectivity index (χ0v) is 24.1. The summed E-state index contributed by atoms with van der Waals surface area (Å²) in [6.07, 6.45) is 3.85. The highest BCUT2D eigenvalue weighted by Crippen LogP contribution is 2.36. The summed E-state index contributed by atoms with van der Waals surface area (Å²) >= 11 is 0. The minimum atomic E-state index is -0.877. The summed E-state index contributed by atoms with van der Waals surface area (Å²) < 4.78 is 17.8. The van der Waals surface area contributed by atoms with Gasteiger partial charge in [0.1, 0.15) is 18.1 Å². The SMILES string of the molecule is CC/C(=C(/c1ccc(OCCN(C)C)cc1)c1ccc(OC2CCCCO2)cc1)c1ccc(C(C)(C)O)cc1. The quantitative estimate of drug-likeness (QED) is 0.268. The number of likely N-dealkylation sites (N-methyl/N-ethyl adjacent to an activating group) is 1.